The maximum Gasteiger partial charge on any atom is -0.0187 e. The van der Waals surface area contributed by atoms with Crippen molar-refractivity contribution in [3.8, 4) is 0 Å². The molecule has 1 aliphatic rings. The van der Waals surface area contributed by atoms with Crippen molar-refractivity contribution < 1.29 is 0 Å². The van der Waals surface area contributed by atoms with Gasteiger partial charge >= 0.3 is 0 Å². The maximum absolute atomic E-state index is 4.17. The third-order valence-electron chi connectivity index (χ3n) is 3.05. The van der Waals surface area contributed by atoms with E-state index in [2.05, 4.69) is 38.6 Å². The number of benzene rings is 1. The van der Waals surface area contributed by atoms with Crippen molar-refractivity contribution in [3.05, 3.63) is 41.5 Å². The summed E-state index contributed by atoms with van der Waals surface area (Å²) >= 11 is 0. The van der Waals surface area contributed by atoms with Gasteiger partial charge in [-0.15, -0.1) is 0 Å². The minimum atomic E-state index is 0.662. The van der Waals surface area contributed by atoms with Gasteiger partial charge in [0.05, 0.1) is 0 Å². The number of allylic oxidation sites excluding steroid dienone is 1. The fourth-order valence-electron chi connectivity index (χ4n) is 2.05. The molecule has 0 radical (unpaired) electrons. The average molecular weight is 172 g/mol. The summed E-state index contributed by atoms with van der Waals surface area (Å²) in [5.41, 5.74) is 5.56. The zero-order valence-corrected chi connectivity index (χ0v) is 8.43. The Morgan fingerprint density at radius 1 is 1.38 bits per heavy atom. The molecular weight excluding hydrogens is 156 g/mol. The van der Waals surface area contributed by atoms with E-state index in [-0.39, 0.29) is 0 Å². The predicted octanol–water partition coefficient (Wildman–Crippen LogP) is 3.59. The van der Waals surface area contributed by atoms with Crippen LogP contribution < -0.4 is 0 Å². The summed E-state index contributed by atoms with van der Waals surface area (Å²) in [7, 11) is 0. The van der Waals surface area contributed by atoms with Crippen LogP contribution in [0.15, 0.2) is 24.8 Å². The molecule has 1 unspecified atom stereocenters. The lowest BCUT2D eigenvalue weighted by atomic mass is 9.81. The quantitative estimate of drug-likeness (QED) is 0.561. The first-order valence-corrected chi connectivity index (χ1v) is 4.97. The van der Waals surface area contributed by atoms with Gasteiger partial charge in [0.1, 0.15) is 0 Å². The molecule has 0 spiro atoms. The Morgan fingerprint density at radius 3 is 2.92 bits per heavy atom. The molecule has 0 nitrogen and oxygen atoms in total. The van der Waals surface area contributed by atoms with Crippen LogP contribution >= 0.6 is 0 Å². The molecule has 1 aromatic rings. The van der Waals surface area contributed by atoms with E-state index in [9.17, 15) is 0 Å². The van der Waals surface area contributed by atoms with Gasteiger partial charge in [-0.05, 0) is 42.4 Å². The van der Waals surface area contributed by atoms with Crippen molar-refractivity contribution in [2.24, 2.45) is 5.92 Å². The second kappa shape index (κ2) is 3.02. The summed E-state index contributed by atoms with van der Waals surface area (Å²) in [4.78, 5) is 0. The first-order valence-electron chi connectivity index (χ1n) is 4.97. The van der Waals surface area contributed by atoms with Gasteiger partial charge in [-0.3, -0.25) is 0 Å². The summed E-state index contributed by atoms with van der Waals surface area (Å²) in [6.07, 6.45) is 2.48. The number of rotatable bonds is 0. The van der Waals surface area contributed by atoms with Crippen LogP contribution in [0.5, 0.6) is 0 Å². The highest BCUT2D eigenvalue weighted by Gasteiger charge is 2.18. The highest BCUT2D eigenvalue weighted by Crippen LogP contribution is 2.33. The van der Waals surface area contributed by atoms with Crippen LogP contribution in [0.1, 0.15) is 30.0 Å². The van der Waals surface area contributed by atoms with Crippen molar-refractivity contribution in [2.75, 3.05) is 0 Å². The van der Waals surface area contributed by atoms with E-state index in [1.165, 1.54) is 35.1 Å². The van der Waals surface area contributed by atoms with Crippen LogP contribution in [-0.2, 0) is 6.42 Å². The minimum Gasteiger partial charge on any atom is -0.0950 e. The predicted molar refractivity (Wildman–Crippen MR) is 57.7 cm³/mol. The molecule has 0 heterocycles. The van der Waals surface area contributed by atoms with Gasteiger partial charge < -0.3 is 0 Å². The van der Waals surface area contributed by atoms with E-state index in [1.54, 1.807) is 0 Å². The number of hydrogen-bond donors (Lipinski definition) is 0. The molecule has 0 amide bonds. The van der Waals surface area contributed by atoms with Crippen LogP contribution in [0.4, 0.5) is 0 Å². The van der Waals surface area contributed by atoms with E-state index >= 15 is 0 Å². The molecule has 1 aliphatic carbocycles. The lowest BCUT2D eigenvalue weighted by Crippen LogP contribution is -2.09. The topological polar surface area (TPSA) is 0 Å². The third kappa shape index (κ3) is 1.41. The summed E-state index contributed by atoms with van der Waals surface area (Å²) in [5, 5.41) is 0. The fraction of sp³-hybridized carbons (Fsp3) is 0.385. The van der Waals surface area contributed by atoms with Gasteiger partial charge in [0, 0.05) is 0 Å². The second-order valence-corrected chi connectivity index (χ2v) is 4.13. The molecule has 2 rings (SSSR count). The summed E-state index contributed by atoms with van der Waals surface area (Å²) in [6, 6.07) is 6.71. The van der Waals surface area contributed by atoms with Crippen LogP contribution in [0.2, 0.25) is 0 Å². The molecule has 1 aromatic carbocycles. The molecule has 0 aliphatic heterocycles. The molecule has 0 fully saturated rings. The molecule has 0 saturated carbocycles. The van der Waals surface area contributed by atoms with Gasteiger partial charge in [-0.2, -0.15) is 0 Å². The Labute approximate surface area is 80.3 Å². The van der Waals surface area contributed by atoms with E-state index in [0.29, 0.717) is 5.92 Å². The molecular formula is C13H16. The average Bonchev–Trinajstić information content (AvgIpc) is 2.12. The standard InChI is InChI=1S/C13H16/c1-9-4-7-13-11(3)10(2)5-6-12(13)8-9/h4,7-8,10H,3,5-6H2,1-2H3. The SMILES string of the molecule is C=C1c2ccc(C)cc2CCC1C. The smallest absolute Gasteiger partial charge is 0.0187 e. The van der Waals surface area contributed by atoms with E-state index in [1.807, 2.05) is 0 Å². The van der Waals surface area contributed by atoms with E-state index in [4.69, 9.17) is 0 Å². The first-order chi connectivity index (χ1) is 6.18. The van der Waals surface area contributed by atoms with Crippen molar-refractivity contribution >= 4 is 5.57 Å². The molecule has 68 valence electrons. The zero-order chi connectivity index (χ0) is 9.42. The Balaban J connectivity index is 2.50. The van der Waals surface area contributed by atoms with Crippen LogP contribution in [-0.4, -0.2) is 0 Å². The second-order valence-electron chi connectivity index (χ2n) is 4.13. The van der Waals surface area contributed by atoms with Crippen molar-refractivity contribution in [1.82, 2.24) is 0 Å². The molecule has 0 saturated heterocycles. The van der Waals surface area contributed by atoms with E-state index < -0.39 is 0 Å². The van der Waals surface area contributed by atoms with E-state index in [0.717, 1.165) is 0 Å². The number of fused-ring (bicyclic) bond motifs is 1. The van der Waals surface area contributed by atoms with Crippen LogP contribution in [0.3, 0.4) is 0 Å². The summed E-state index contributed by atoms with van der Waals surface area (Å²) < 4.78 is 0. The molecule has 0 N–H and O–H groups in total. The Bertz CT molecular complexity index is 347. The lowest BCUT2D eigenvalue weighted by molar-refractivity contribution is 0.643. The van der Waals surface area contributed by atoms with Gasteiger partial charge in [-0.25, -0.2) is 0 Å². The Hall–Kier alpha value is -1.04. The zero-order valence-electron chi connectivity index (χ0n) is 8.43. The van der Waals surface area contributed by atoms with Gasteiger partial charge in [0.15, 0.2) is 0 Å². The molecule has 0 aromatic heterocycles. The Kier molecular flexibility index (Phi) is 1.99. The molecule has 1 atom stereocenters. The third-order valence-corrected chi connectivity index (χ3v) is 3.05. The maximum atomic E-state index is 4.17. The van der Waals surface area contributed by atoms with Crippen molar-refractivity contribution in [2.45, 2.75) is 26.7 Å². The number of hydrogen-bond acceptors (Lipinski definition) is 0. The summed E-state index contributed by atoms with van der Waals surface area (Å²) in [6.45, 7) is 8.59. The van der Waals surface area contributed by atoms with Crippen LogP contribution in [0.25, 0.3) is 5.57 Å². The highest BCUT2D eigenvalue weighted by molar-refractivity contribution is 5.69. The Morgan fingerprint density at radius 2 is 2.15 bits per heavy atom. The highest BCUT2D eigenvalue weighted by atomic mass is 14.2. The largest absolute Gasteiger partial charge is 0.0950 e. The van der Waals surface area contributed by atoms with Gasteiger partial charge in [0.2, 0.25) is 0 Å². The molecule has 0 heteroatoms. The monoisotopic (exact) mass is 172 g/mol. The molecule has 0 bridgehead atoms. The van der Waals surface area contributed by atoms with Gasteiger partial charge in [0.25, 0.3) is 0 Å². The van der Waals surface area contributed by atoms with Crippen molar-refractivity contribution in [3.63, 3.8) is 0 Å². The first kappa shape index (κ1) is 8.55. The van der Waals surface area contributed by atoms with Crippen molar-refractivity contribution in [1.29, 1.82) is 0 Å². The fourth-order valence-corrected chi connectivity index (χ4v) is 2.05. The van der Waals surface area contributed by atoms with Gasteiger partial charge in [-0.1, -0.05) is 37.3 Å². The minimum absolute atomic E-state index is 0.662. The molecule has 13 heavy (non-hydrogen) atoms. The summed E-state index contributed by atoms with van der Waals surface area (Å²) in [5.74, 6) is 0.662. The number of aryl methyl sites for hydroxylation is 2. The lowest BCUT2D eigenvalue weighted by Gasteiger charge is -2.24. The normalized spacial score (nSPS) is 21.4. The van der Waals surface area contributed by atoms with Crippen LogP contribution in [0, 0.1) is 12.8 Å².